The summed E-state index contributed by atoms with van der Waals surface area (Å²) in [4.78, 5) is 21.4. The number of carbonyl (C=O) groups excluding carboxylic acids is 2. The van der Waals surface area contributed by atoms with Gasteiger partial charge in [-0.25, -0.2) is 4.79 Å². The molecule has 0 aromatic carbocycles. The molecule has 0 radical (unpaired) electrons. The maximum Gasteiger partial charge on any atom is 0.453 e. The summed E-state index contributed by atoms with van der Waals surface area (Å²) in [5.74, 6) is -4.46. The normalized spacial score (nSPS) is 12.4. The highest BCUT2D eigenvalue weighted by Gasteiger charge is 2.56. The van der Waals surface area contributed by atoms with Crippen LogP contribution in [0, 0.1) is 0 Å². The molecule has 0 saturated heterocycles. The van der Waals surface area contributed by atoms with Gasteiger partial charge in [-0.15, -0.1) is 11.6 Å². The number of carbonyl (C=O) groups is 2. The van der Waals surface area contributed by atoms with Crippen LogP contribution in [0.4, 0.5) is 13.2 Å². The molecule has 0 aromatic rings. The monoisotopic (exact) mass is 286 g/mol. The van der Waals surface area contributed by atoms with Crippen molar-refractivity contribution in [2.24, 2.45) is 0 Å². The number of Topliss-reactive ketones (excluding diaryl/α,β-unsaturated/α-hetero) is 1. The predicted octanol–water partition coefficient (Wildman–Crippen LogP) is 2.07. The Morgan fingerprint density at radius 3 is 2.00 bits per heavy atom. The fourth-order valence-corrected chi connectivity index (χ4v) is 0.893. The molecule has 0 aromatic heterocycles. The van der Waals surface area contributed by atoms with E-state index in [0.29, 0.717) is 0 Å². The van der Waals surface area contributed by atoms with Crippen molar-refractivity contribution in [1.82, 2.24) is 0 Å². The summed E-state index contributed by atoms with van der Waals surface area (Å²) in [6, 6.07) is 0. The van der Waals surface area contributed by atoms with Crippen molar-refractivity contribution in [1.29, 1.82) is 0 Å². The minimum atomic E-state index is -5.32. The van der Waals surface area contributed by atoms with Crippen LogP contribution in [0.1, 0.15) is 0 Å². The number of esters is 1. The first-order valence-corrected chi connectivity index (χ1v) is 4.65. The molecule has 0 atom stereocenters. The zero-order chi connectivity index (χ0) is 12.3. The molecule has 0 aliphatic carbocycles. The number of hydrogen-bond acceptors (Lipinski definition) is 3. The van der Waals surface area contributed by atoms with Gasteiger partial charge in [-0.2, -0.15) is 13.2 Å². The Kier molecular flexibility index (Phi) is 5.16. The Hall–Kier alpha value is -0.200. The van der Waals surface area contributed by atoms with E-state index in [4.69, 9.17) is 34.8 Å². The topological polar surface area (TPSA) is 43.4 Å². The standard InChI is InChI=1S/C6H4Cl3F3O3/c7-1-2-15-4(14)5(8,9)3(13)6(10,11)12/h1-2H2. The first-order valence-electron chi connectivity index (χ1n) is 3.36. The fourth-order valence-electron chi connectivity index (χ4n) is 0.493. The highest BCUT2D eigenvalue weighted by Crippen LogP contribution is 2.32. The van der Waals surface area contributed by atoms with Crippen molar-refractivity contribution in [3.63, 3.8) is 0 Å². The average molecular weight is 287 g/mol. The molecule has 0 saturated carbocycles. The van der Waals surface area contributed by atoms with E-state index in [1.165, 1.54) is 0 Å². The van der Waals surface area contributed by atoms with Crippen molar-refractivity contribution >= 4 is 46.6 Å². The van der Waals surface area contributed by atoms with Gasteiger partial charge < -0.3 is 4.74 Å². The average Bonchev–Trinajstić information content (AvgIpc) is 2.11. The summed E-state index contributed by atoms with van der Waals surface area (Å²) < 4.78 is 36.5. The molecular weight excluding hydrogens is 283 g/mol. The van der Waals surface area contributed by atoms with Crippen molar-refractivity contribution in [2.45, 2.75) is 10.5 Å². The van der Waals surface area contributed by atoms with Gasteiger partial charge in [0.15, 0.2) is 0 Å². The number of ketones is 1. The maximum absolute atomic E-state index is 11.9. The Morgan fingerprint density at radius 2 is 1.67 bits per heavy atom. The smallest absolute Gasteiger partial charge is 0.453 e. The van der Waals surface area contributed by atoms with E-state index in [9.17, 15) is 22.8 Å². The third-order valence-electron chi connectivity index (χ3n) is 1.11. The highest BCUT2D eigenvalue weighted by molar-refractivity contribution is 6.67. The number of hydrogen-bond donors (Lipinski definition) is 0. The van der Waals surface area contributed by atoms with Gasteiger partial charge in [0, 0.05) is 0 Å². The van der Waals surface area contributed by atoms with E-state index >= 15 is 0 Å². The van der Waals surface area contributed by atoms with E-state index in [1.54, 1.807) is 0 Å². The van der Waals surface area contributed by atoms with E-state index in [1.807, 2.05) is 0 Å². The summed E-state index contributed by atoms with van der Waals surface area (Å²) >= 11 is 15.0. The van der Waals surface area contributed by atoms with Gasteiger partial charge in [0.1, 0.15) is 6.61 Å². The number of ether oxygens (including phenoxy) is 1. The van der Waals surface area contributed by atoms with Gasteiger partial charge in [0.05, 0.1) is 5.88 Å². The highest BCUT2D eigenvalue weighted by atomic mass is 35.5. The van der Waals surface area contributed by atoms with Gasteiger partial charge in [0.2, 0.25) is 0 Å². The molecule has 0 unspecified atom stereocenters. The second-order valence-electron chi connectivity index (χ2n) is 2.23. The van der Waals surface area contributed by atoms with Crippen molar-refractivity contribution < 1.29 is 27.5 Å². The van der Waals surface area contributed by atoms with E-state index in [2.05, 4.69) is 4.74 Å². The molecule has 0 fully saturated rings. The molecule has 9 heteroatoms. The van der Waals surface area contributed by atoms with Gasteiger partial charge in [0.25, 0.3) is 10.1 Å². The Labute approximate surface area is 97.4 Å². The lowest BCUT2D eigenvalue weighted by atomic mass is 10.2. The van der Waals surface area contributed by atoms with Crippen LogP contribution in [-0.2, 0) is 14.3 Å². The predicted molar refractivity (Wildman–Crippen MR) is 47.2 cm³/mol. The van der Waals surface area contributed by atoms with Crippen LogP contribution in [0.5, 0.6) is 0 Å². The summed E-state index contributed by atoms with van der Waals surface area (Å²) in [5.41, 5.74) is 0. The van der Waals surface area contributed by atoms with Crippen LogP contribution in [0.15, 0.2) is 0 Å². The summed E-state index contributed by atoms with van der Waals surface area (Å²) in [5, 5.41) is 0. The van der Waals surface area contributed by atoms with Crippen LogP contribution in [0.3, 0.4) is 0 Å². The van der Waals surface area contributed by atoms with Gasteiger partial charge >= 0.3 is 12.1 Å². The SMILES string of the molecule is O=C(OCCCl)C(Cl)(Cl)C(=O)C(F)(F)F. The first-order chi connectivity index (χ1) is 6.64. The molecule has 3 nitrogen and oxygen atoms in total. The minimum Gasteiger partial charge on any atom is -0.462 e. The number of rotatable bonds is 4. The zero-order valence-corrected chi connectivity index (χ0v) is 9.17. The van der Waals surface area contributed by atoms with Crippen molar-refractivity contribution in [3.05, 3.63) is 0 Å². The molecule has 0 N–H and O–H groups in total. The second kappa shape index (κ2) is 5.23. The van der Waals surface area contributed by atoms with Gasteiger partial charge in [-0.05, 0) is 0 Å². The summed E-state index contributed by atoms with van der Waals surface area (Å²) in [7, 11) is 0. The fraction of sp³-hybridized carbons (Fsp3) is 0.667. The first kappa shape index (κ1) is 14.8. The third kappa shape index (κ3) is 4.04. The molecule has 0 bridgehead atoms. The van der Waals surface area contributed by atoms with Crippen LogP contribution >= 0.6 is 34.8 Å². The molecule has 0 amide bonds. The molecule has 0 spiro atoms. The molecule has 0 aliphatic rings. The van der Waals surface area contributed by atoms with Crippen LogP contribution in [0.25, 0.3) is 0 Å². The van der Waals surface area contributed by atoms with Crippen molar-refractivity contribution in [2.75, 3.05) is 12.5 Å². The number of halogens is 6. The Bertz CT molecular complexity index is 264. The molecule has 88 valence electrons. The summed E-state index contributed by atoms with van der Waals surface area (Å²) in [6.07, 6.45) is -5.32. The lowest BCUT2D eigenvalue weighted by Crippen LogP contribution is -2.45. The quantitative estimate of drug-likeness (QED) is 0.452. The van der Waals surface area contributed by atoms with E-state index in [0.717, 1.165) is 0 Å². The van der Waals surface area contributed by atoms with Gasteiger partial charge in [-0.1, -0.05) is 23.2 Å². The van der Waals surface area contributed by atoms with Crippen molar-refractivity contribution in [3.8, 4) is 0 Å². The Morgan fingerprint density at radius 1 is 1.20 bits per heavy atom. The lowest BCUT2D eigenvalue weighted by Gasteiger charge is -2.17. The molecule has 0 heterocycles. The minimum absolute atomic E-state index is 0.157. The second-order valence-corrected chi connectivity index (χ2v) is 3.93. The Balaban J connectivity index is 4.67. The largest absolute Gasteiger partial charge is 0.462 e. The van der Waals surface area contributed by atoms with Crippen LogP contribution < -0.4 is 0 Å². The van der Waals surface area contributed by atoms with Gasteiger partial charge in [-0.3, -0.25) is 4.79 Å². The molecule has 15 heavy (non-hydrogen) atoms. The van der Waals surface area contributed by atoms with Crippen LogP contribution in [0.2, 0.25) is 0 Å². The number of alkyl halides is 6. The lowest BCUT2D eigenvalue weighted by molar-refractivity contribution is -0.175. The van der Waals surface area contributed by atoms with E-state index in [-0.39, 0.29) is 5.88 Å². The van der Waals surface area contributed by atoms with E-state index < -0.39 is 28.9 Å². The summed E-state index contributed by atoms with van der Waals surface area (Å²) in [6.45, 7) is -0.396. The maximum atomic E-state index is 11.9. The molecule has 0 aliphatic heterocycles. The third-order valence-corrected chi connectivity index (χ3v) is 1.92. The molecular formula is C6H4Cl3F3O3. The zero-order valence-electron chi connectivity index (χ0n) is 6.91. The van der Waals surface area contributed by atoms with Crippen LogP contribution in [-0.4, -0.2) is 34.7 Å². The molecule has 0 rings (SSSR count).